The van der Waals surface area contributed by atoms with Crippen LogP contribution in [0.1, 0.15) is 33.2 Å². The van der Waals surface area contributed by atoms with E-state index >= 15 is 0 Å². The Morgan fingerprint density at radius 1 is 1.03 bits per heavy atom. The van der Waals surface area contributed by atoms with Gasteiger partial charge in [0.2, 0.25) is 0 Å². The minimum Gasteiger partial charge on any atom is -0.504 e. The van der Waals surface area contributed by atoms with Crippen molar-refractivity contribution in [2.75, 3.05) is 11.5 Å². The van der Waals surface area contributed by atoms with Gasteiger partial charge in [-0.15, -0.1) is 0 Å². The fraction of sp³-hybridized carbons (Fsp3) is 0.0870. The summed E-state index contributed by atoms with van der Waals surface area (Å²) in [4.78, 5) is 30.7. The molecule has 0 fully saturated rings. The van der Waals surface area contributed by atoms with Gasteiger partial charge in [-0.1, -0.05) is 29.8 Å². The quantitative estimate of drug-likeness (QED) is 0.465. The largest absolute Gasteiger partial charge is 0.504 e. The van der Waals surface area contributed by atoms with Gasteiger partial charge in [-0.2, -0.15) is 0 Å². The van der Waals surface area contributed by atoms with Crippen LogP contribution in [0.25, 0.3) is 0 Å². The highest BCUT2D eigenvalue weighted by Gasteiger charge is 2.36. The van der Waals surface area contributed by atoms with Crippen molar-refractivity contribution in [1.82, 2.24) is 0 Å². The number of fused-ring (bicyclic) bond motifs is 1. The van der Waals surface area contributed by atoms with Crippen molar-refractivity contribution in [1.29, 1.82) is 0 Å². The Bertz CT molecular complexity index is 1150. The number of imide groups is 1. The number of hydrogen-bond acceptors (Lipinski definition) is 5. The first-order valence-electron chi connectivity index (χ1n) is 9.27. The van der Waals surface area contributed by atoms with E-state index in [1.807, 2.05) is 6.92 Å². The number of para-hydroxylation sites is 1. The number of carbonyl (C=O) groups excluding carboxylic acids is 2. The number of halogens is 1. The molecule has 1 aliphatic rings. The van der Waals surface area contributed by atoms with Gasteiger partial charge in [0.25, 0.3) is 11.8 Å². The second-order valence-corrected chi connectivity index (χ2v) is 6.92. The third kappa shape index (κ3) is 3.42. The Morgan fingerprint density at radius 3 is 2.37 bits per heavy atom. The molecule has 3 aromatic rings. The maximum Gasteiger partial charge on any atom is 0.266 e. The second kappa shape index (κ2) is 8.00. The highest BCUT2D eigenvalue weighted by atomic mass is 35.5. The number of aliphatic imine (C=N–C) groups is 1. The van der Waals surface area contributed by atoms with Crippen LogP contribution in [0.3, 0.4) is 0 Å². The van der Waals surface area contributed by atoms with Crippen molar-refractivity contribution in [2.24, 2.45) is 4.99 Å². The number of rotatable bonds is 5. The number of nitrogens with zero attached hydrogens (tertiary/aromatic N) is 2. The van der Waals surface area contributed by atoms with Gasteiger partial charge in [0, 0.05) is 11.8 Å². The number of ether oxygens (including phenoxy) is 1. The molecule has 0 aliphatic carbocycles. The van der Waals surface area contributed by atoms with Crippen molar-refractivity contribution in [2.45, 2.75) is 6.92 Å². The van der Waals surface area contributed by atoms with Crippen molar-refractivity contribution in [3.63, 3.8) is 0 Å². The van der Waals surface area contributed by atoms with Crippen molar-refractivity contribution in [3.8, 4) is 11.5 Å². The highest BCUT2D eigenvalue weighted by molar-refractivity contribution is 6.36. The van der Waals surface area contributed by atoms with Crippen LogP contribution >= 0.6 is 11.6 Å². The zero-order chi connectivity index (χ0) is 21.3. The topological polar surface area (TPSA) is 79.2 Å². The van der Waals surface area contributed by atoms with E-state index in [1.54, 1.807) is 54.6 Å². The fourth-order valence-corrected chi connectivity index (χ4v) is 3.44. The molecule has 0 bridgehead atoms. The Morgan fingerprint density at radius 2 is 1.73 bits per heavy atom. The Kier molecular flexibility index (Phi) is 5.25. The first-order valence-corrected chi connectivity index (χ1v) is 9.65. The summed E-state index contributed by atoms with van der Waals surface area (Å²) in [6, 6.07) is 16.5. The molecule has 0 saturated carbocycles. The summed E-state index contributed by atoms with van der Waals surface area (Å²) in [6.07, 6.45) is 1.47. The van der Waals surface area contributed by atoms with Gasteiger partial charge in [-0.05, 0) is 49.4 Å². The minimum absolute atomic E-state index is 0.0122. The van der Waals surface area contributed by atoms with E-state index in [9.17, 15) is 14.7 Å². The van der Waals surface area contributed by atoms with Gasteiger partial charge >= 0.3 is 0 Å². The molecule has 1 heterocycles. The van der Waals surface area contributed by atoms with Crippen LogP contribution in [0, 0.1) is 0 Å². The van der Waals surface area contributed by atoms with Crippen LogP contribution in [-0.4, -0.2) is 29.7 Å². The van der Waals surface area contributed by atoms with Crippen LogP contribution in [0.5, 0.6) is 11.5 Å². The van der Waals surface area contributed by atoms with Crippen molar-refractivity contribution < 1.29 is 19.4 Å². The van der Waals surface area contributed by atoms with Crippen LogP contribution in [0.4, 0.5) is 11.4 Å². The summed E-state index contributed by atoms with van der Waals surface area (Å²) < 4.78 is 5.37. The summed E-state index contributed by atoms with van der Waals surface area (Å²) in [5.41, 5.74) is 2.00. The average Bonchev–Trinajstić information content (AvgIpc) is 3.00. The van der Waals surface area contributed by atoms with E-state index in [0.29, 0.717) is 40.4 Å². The van der Waals surface area contributed by atoms with Gasteiger partial charge in [0.05, 0.1) is 34.1 Å². The molecular formula is C23H17ClN2O4. The number of aromatic hydroxyl groups is 1. The maximum absolute atomic E-state index is 12.6. The molecule has 0 aromatic heterocycles. The Labute approximate surface area is 178 Å². The normalized spacial score (nSPS) is 13.2. The van der Waals surface area contributed by atoms with Gasteiger partial charge in [0.1, 0.15) is 0 Å². The van der Waals surface area contributed by atoms with Gasteiger partial charge < -0.3 is 9.84 Å². The predicted octanol–water partition coefficient (Wildman–Crippen LogP) is 5.00. The van der Waals surface area contributed by atoms with Crippen LogP contribution in [-0.2, 0) is 0 Å². The third-order valence-electron chi connectivity index (χ3n) is 4.66. The van der Waals surface area contributed by atoms with E-state index < -0.39 is 0 Å². The van der Waals surface area contributed by atoms with Gasteiger partial charge in [0.15, 0.2) is 11.5 Å². The Hall–Kier alpha value is -3.64. The molecular weight excluding hydrogens is 404 g/mol. The van der Waals surface area contributed by atoms with Crippen molar-refractivity contribution in [3.05, 3.63) is 82.4 Å². The molecule has 0 atom stereocenters. The van der Waals surface area contributed by atoms with Crippen LogP contribution in [0.15, 0.2) is 65.7 Å². The standard InChI is InChI=1S/C23H17ClN2O4/c1-2-30-20-9-5-6-14(21(20)27)13-25-19-11-10-15(12-18(19)24)26-22(28)16-7-3-4-8-17(16)23(26)29/h3-13,27H,2H2,1H3. The number of hydrogen-bond donors (Lipinski definition) is 1. The predicted molar refractivity (Wildman–Crippen MR) is 116 cm³/mol. The fourth-order valence-electron chi connectivity index (χ4n) is 3.22. The Balaban J connectivity index is 1.61. The summed E-state index contributed by atoms with van der Waals surface area (Å²) in [5, 5.41) is 10.5. The van der Waals surface area contributed by atoms with E-state index in [1.165, 1.54) is 12.3 Å². The lowest BCUT2D eigenvalue weighted by molar-refractivity contribution is 0.0926. The second-order valence-electron chi connectivity index (χ2n) is 6.51. The lowest BCUT2D eigenvalue weighted by atomic mass is 10.1. The average molecular weight is 421 g/mol. The van der Waals surface area contributed by atoms with E-state index in [2.05, 4.69) is 4.99 Å². The molecule has 7 heteroatoms. The molecule has 0 saturated heterocycles. The molecule has 1 N–H and O–H groups in total. The van der Waals surface area contributed by atoms with Crippen LogP contribution < -0.4 is 9.64 Å². The molecule has 4 rings (SSSR count). The number of amides is 2. The summed E-state index contributed by atoms with van der Waals surface area (Å²) in [7, 11) is 0. The smallest absolute Gasteiger partial charge is 0.266 e. The highest BCUT2D eigenvalue weighted by Crippen LogP contribution is 2.34. The van der Waals surface area contributed by atoms with Crippen LogP contribution in [0.2, 0.25) is 5.02 Å². The minimum atomic E-state index is -0.388. The van der Waals surface area contributed by atoms with E-state index in [4.69, 9.17) is 16.3 Å². The zero-order valence-electron chi connectivity index (χ0n) is 16.0. The monoisotopic (exact) mass is 420 g/mol. The SMILES string of the molecule is CCOc1cccc(C=Nc2ccc(N3C(=O)c4ccccc4C3=O)cc2Cl)c1O. The molecule has 150 valence electrons. The molecule has 0 radical (unpaired) electrons. The third-order valence-corrected chi connectivity index (χ3v) is 4.96. The molecule has 3 aromatic carbocycles. The number of benzene rings is 3. The van der Waals surface area contributed by atoms with Gasteiger partial charge in [-0.3, -0.25) is 14.6 Å². The summed E-state index contributed by atoms with van der Waals surface area (Å²) in [5.74, 6) is -0.420. The van der Waals surface area contributed by atoms with Crippen molar-refractivity contribution >= 4 is 41.0 Å². The zero-order valence-corrected chi connectivity index (χ0v) is 16.8. The number of anilines is 1. The molecule has 2 amide bonds. The molecule has 1 aliphatic heterocycles. The van der Waals surface area contributed by atoms with Gasteiger partial charge in [-0.25, -0.2) is 4.90 Å². The maximum atomic E-state index is 12.6. The van der Waals surface area contributed by atoms with E-state index in [0.717, 1.165) is 4.90 Å². The van der Waals surface area contributed by atoms with E-state index in [-0.39, 0.29) is 22.6 Å². The summed E-state index contributed by atoms with van der Waals surface area (Å²) >= 11 is 6.35. The molecule has 0 unspecified atom stereocenters. The summed E-state index contributed by atoms with van der Waals surface area (Å²) in [6.45, 7) is 2.26. The lowest BCUT2D eigenvalue weighted by Crippen LogP contribution is -2.29. The first-order chi connectivity index (χ1) is 14.5. The number of phenolic OH excluding ortho intramolecular Hbond substituents is 1. The number of phenols is 1. The lowest BCUT2D eigenvalue weighted by Gasteiger charge is -2.14. The molecule has 6 nitrogen and oxygen atoms in total. The molecule has 30 heavy (non-hydrogen) atoms. The molecule has 0 spiro atoms. The first kappa shape index (κ1) is 19.7. The number of carbonyl (C=O) groups is 2.